The summed E-state index contributed by atoms with van der Waals surface area (Å²) >= 11 is 0. The van der Waals surface area contributed by atoms with E-state index < -0.39 is 11.7 Å². The smallest absolute Gasteiger partial charge is 0.367 e. The molecule has 3 rings (SSSR count). The molecule has 2 fully saturated rings. The fourth-order valence-electron chi connectivity index (χ4n) is 3.35. The summed E-state index contributed by atoms with van der Waals surface area (Å²) in [6, 6.07) is 6.08. The summed E-state index contributed by atoms with van der Waals surface area (Å²) in [5, 5.41) is 0. The molecule has 2 unspecified atom stereocenters. The number of likely N-dealkylation sites (N-methyl/N-ethyl adjacent to an activating group) is 1. The molecule has 0 saturated carbocycles. The molecule has 0 aliphatic carbocycles. The SMILES string of the molecule is CC.CC.CN1CC2CCN(c3cccc(C(F)(F)F)c3)C2C1. The van der Waals surface area contributed by atoms with Crippen LogP contribution < -0.4 is 4.90 Å². The minimum Gasteiger partial charge on any atom is -0.367 e. The van der Waals surface area contributed by atoms with Gasteiger partial charge in [-0.1, -0.05) is 33.8 Å². The number of rotatable bonds is 1. The second-order valence-electron chi connectivity index (χ2n) is 5.58. The first-order chi connectivity index (χ1) is 10.9. The average molecular weight is 330 g/mol. The van der Waals surface area contributed by atoms with Gasteiger partial charge >= 0.3 is 6.18 Å². The number of nitrogens with zero attached hydrogens (tertiary/aromatic N) is 2. The number of halogens is 3. The first-order valence-corrected chi connectivity index (χ1v) is 8.57. The lowest BCUT2D eigenvalue weighted by Crippen LogP contribution is -2.34. The summed E-state index contributed by atoms with van der Waals surface area (Å²) in [5.41, 5.74) is 0.150. The van der Waals surface area contributed by atoms with Crippen molar-refractivity contribution in [3.63, 3.8) is 0 Å². The van der Waals surface area contributed by atoms with Crippen LogP contribution in [0.4, 0.5) is 18.9 Å². The monoisotopic (exact) mass is 330 g/mol. The predicted octanol–water partition coefficient (Wildman–Crippen LogP) is 4.90. The molecule has 2 nitrogen and oxygen atoms in total. The lowest BCUT2D eigenvalue weighted by atomic mass is 10.0. The third kappa shape index (κ3) is 4.63. The molecule has 132 valence electrons. The first kappa shape index (κ1) is 19.8. The number of hydrogen-bond donors (Lipinski definition) is 0. The van der Waals surface area contributed by atoms with E-state index >= 15 is 0 Å². The van der Waals surface area contributed by atoms with Gasteiger partial charge in [-0.25, -0.2) is 0 Å². The normalized spacial score (nSPS) is 23.6. The van der Waals surface area contributed by atoms with E-state index in [9.17, 15) is 13.2 Å². The number of hydrogen-bond acceptors (Lipinski definition) is 2. The van der Waals surface area contributed by atoms with Gasteiger partial charge in [0.15, 0.2) is 0 Å². The van der Waals surface area contributed by atoms with Crippen LogP contribution in [-0.4, -0.2) is 37.6 Å². The minimum absolute atomic E-state index is 0.369. The average Bonchev–Trinajstić information content (AvgIpc) is 3.09. The van der Waals surface area contributed by atoms with Gasteiger partial charge in [-0.15, -0.1) is 0 Å². The summed E-state index contributed by atoms with van der Waals surface area (Å²) in [7, 11) is 2.07. The molecule has 2 heterocycles. The first-order valence-electron chi connectivity index (χ1n) is 8.57. The molecule has 1 aromatic carbocycles. The van der Waals surface area contributed by atoms with E-state index in [1.165, 1.54) is 12.1 Å². The van der Waals surface area contributed by atoms with E-state index in [1.807, 2.05) is 27.7 Å². The molecule has 2 aliphatic rings. The van der Waals surface area contributed by atoms with Crippen LogP contribution >= 0.6 is 0 Å². The van der Waals surface area contributed by atoms with E-state index in [-0.39, 0.29) is 0 Å². The van der Waals surface area contributed by atoms with Crippen LogP contribution in [0.3, 0.4) is 0 Å². The van der Waals surface area contributed by atoms with Crippen LogP contribution in [0.2, 0.25) is 0 Å². The molecular formula is C18H29F3N2. The third-order valence-electron chi connectivity index (χ3n) is 4.24. The van der Waals surface area contributed by atoms with Crippen molar-refractivity contribution in [2.24, 2.45) is 5.92 Å². The lowest BCUT2D eigenvalue weighted by Gasteiger charge is -2.27. The highest BCUT2D eigenvalue weighted by Gasteiger charge is 2.40. The van der Waals surface area contributed by atoms with Crippen molar-refractivity contribution in [2.45, 2.75) is 46.3 Å². The Morgan fingerprint density at radius 2 is 1.70 bits per heavy atom. The molecule has 0 aromatic heterocycles. The second kappa shape index (κ2) is 8.57. The summed E-state index contributed by atoms with van der Waals surface area (Å²) in [6.07, 6.45) is -3.19. The van der Waals surface area contributed by atoms with Crippen LogP contribution in [0, 0.1) is 5.92 Å². The van der Waals surface area contributed by atoms with Crippen molar-refractivity contribution >= 4 is 5.69 Å². The highest BCUT2D eigenvalue weighted by molar-refractivity contribution is 5.51. The lowest BCUT2D eigenvalue weighted by molar-refractivity contribution is -0.137. The molecule has 2 saturated heterocycles. The van der Waals surface area contributed by atoms with Gasteiger partial charge < -0.3 is 9.80 Å². The highest BCUT2D eigenvalue weighted by Crippen LogP contribution is 2.37. The largest absolute Gasteiger partial charge is 0.416 e. The van der Waals surface area contributed by atoms with Crippen LogP contribution in [0.5, 0.6) is 0 Å². The second-order valence-corrected chi connectivity index (χ2v) is 5.58. The zero-order valence-electron chi connectivity index (χ0n) is 14.8. The molecule has 23 heavy (non-hydrogen) atoms. The molecule has 0 spiro atoms. The molecule has 2 atom stereocenters. The van der Waals surface area contributed by atoms with Gasteiger partial charge in [0, 0.05) is 31.4 Å². The van der Waals surface area contributed by atoms with Crippen molar-refractivity contribution in [1.82, 2.24) is 4.90 Å². The van der Waals surface area contributed by atoms with E-state index in [2.05, 4.69) is 16.8 Å². The number of alkyl halides is 3. The van der Waals surface area contributed by atoms with Crippen molar-refractivity contribution in [3.8, 4) is 0 Å². The summed E-state index contributed by atoms with van der Waals surface area (Å²) < 4.78 is 38.3. The maximum Gasteiger partial charge on any atom is 0.416 e. The van der Waals surface area contributed by atoms with Crippen LogP contribution in [0.15, 0.2) is 24.3 Å². The Morgan fingerprint density at radius 1 is 1.04 bits per heavy atom. The molecule has 5 heteroatoms. The predicted molar refractivity (Wildman–Crippen MR) is 90.9 cm³/mol. The van der Waals surface area contributed by atoms with Gasteiger partial charge in [0.1, 0.15) is 0 Å². The summed E-state index contributed by atoms with van der Waals surface area (Å²) in [4.78, 5) is 4.40. The van der Waals surface area contributed by atoms with Crippen LogP contribution in [0.25, 0.3) is 0 Å². The zero-order chi connectivity index (χ0) is 17.6. The Balaban J connectivity index is 0.000000615. The van der Waals surface area contributed by atoms with E-state index in [4.69, 9.17) is 0 Å². The van der Waals surface area contributed by atoms with Gasteiger partial charge in [0.25, 0.3) is 0 Å². The van der Waals surface area contributed by atoms with Crippen molar-refractivity contribution < 1.29 is 13.2 Å². The Bertz CT molecular complexity index is 474. The highest BCUT2D eigenvalue weighted by atomic mass is 19.4. The molecule has 0 bridgehead atoms. The minimum atomic E-state index is -4.26. The number of likely N-dealkylation sites (tertiary alicyclic amines) is 1. The Morgan fingerprint density at radius 3 is 2.30 bits per heavy atom. The Labute approximate surface area is 138 Å². The van der Waals surface area contributed by atoms with E-state index in [0.717, 1.165) is 32.1 Å². The number of benzene rings is 1. The maximum absolute atomic E-state index is 12.8. The quantitative estimate of drug-likeness (QED) is 0.723. The molecular weight excluding hydrogens is 301 g/mol. The number of anilines is 1. The Kier molecular flexibility index (Phi) is 7.39. The van der Waals surface area contributed by atoms with Gasteiger partial charge in [0.2, 0.25) is 0 Å². The van der Waals surface area contributed by atoms with Gasteiger partial charge in [0.05, 0.1) is 5.56 Å². The molecule has 2 aliphatic heterocycles. The van der Waals surface area contributed by atoms with Gasteiger partial charge in [-0.3, -0.25) is 0 Å². The maximum atomic E-state index is 12.8. The zero-order valence-corrected chi connectivity index (χ0v) is 14.8. The van der Waals surface area contributed by atoms with Crippen molar-refractivity contribution in [3.05, 3.63) is 29.8 Å². The van der Waals surface area contributed by atoms with Crippen LogP contribution in [-0.2, 0) is 6.18 Å². The molecule has 0 radical (unpaired) electrons. The molecule has 0 N–H and O–H groups in total. The summed E-state index contributed by atoms with van der Waals surface area (Å²) in [6.45, 7) is 10.9. The van der Waals surface area contributed by atoms with E-state index in [1.54, 1.807) is 6.07 Å². The fraction of sp³-hybridized carbons (Fsp3) is 0.667. The topological polar surface area (TPSA) is 6.48 Å². The van der Waals surface area contributed by atoms with Gasteiger partial charge in [-0.05, 0) is 37.6 Å². The standard InChI is InChI=1S/C14H17F3N2.2C2H6/c1-18-8-10-5-6-19(13(10)9-18)12-4-2-3-11(7-12)14(15,16)17;2*1-2/h2-4,7,10,13H,5-6,8-9H2,1H3;2*1-2H3. The number of fused-ring (bicyclic) bond motifs is 1. The van der Waals surface area contributed by atoms with Gasteiger partial charge in [-0.2, -0.15) is 13.2 Å². The molecule has 0 amide bonds. The fourth-order valence-corrected chi connectivity index (χ4v) is 3.35. The Hall–Kier alpha value is -1.23. The van der Waals surface area contributed by atoms with Crippen LogP contribution in [0.1, 0.15) is 39.7 Å². The van der Waals surface area contributed by atoms with Crippen molar-refractivity contribution in [1.29, 1.82) is 0 Å². The summed E-state index contributed by atoms with van der Waals surface area (Å²) in [5.74, 6) is 0.597. The van der Waals surface area contributed by atoms with E-state index in [0.29, 0.717) is 17.6 Å². The third-order valence-corrected chi connectivity index (χ3v) is 4.24. The molecule has 1 aromatic rings. The van der Waals surface area contributed by atoms with Crippen molar-refractivity contribution in [2.75, 3.05) is 31.6 Å².